The largest absolute Gasteiger partial charge is 0.324 e. The van der Waals surface area contributed by atoms with Gasteiger partial charge in [0.15, 0.2) is 0 Å². The molecule has 0 radical (unpaired) electrons. The van der Waals surface area contributed by atoms with Gasteiger partial charge < -0.3 is 4.98 Å². The third-order valence-corrected chi connectivity index (χ3v) is 8.90. The molecule has 4 nitrogen and oxygen atoms in total. The highest BCUT2D eigenvalue weighted by atomic mass is 16.2. The van der Waals surface area contributed by atoms with E-state index in [1.807, 2.05) is 6.20 Å². The number of fused-ring (bicyclic) bond motifs is 7. The monoisotopic (exact) mass is 483 g/mol. The number of amides is 1. The van der Waals surface area contributed by atoms with Gasteiger partial charge in [0.25, 0.3) is 0 Å². The molecule has 0 spiro atoms. The van der Waals surface area contributed by atoms with Gasteiger partial charge in [0.05, 0.1) is 11.9 Å². The molecule has 7 rings (SSSR count). The Morgan fingerprint density at radius 3 is 2.38 bits per heavy atom. The standard InChI is InChI=1S/C33H29N3O/c1-19-16-17-23(22-11-5-4-10-21(19)22)28-18-34-32(35-28)36-31(37)20(2)29-24-12-6-7-13-25(24)30-26-14-8-9-15-27(26)33(29,30)3/h4-18,20,29-30H,1-3H3,(H2,34,35,36,37). The molecule has 4 heteroatoms. The third kappa shape index (κ3) is 3.02. The highest BCUT2D eigenvalue weighted by Crippen LogP contribution is 2.68. The van der Waals surface area contributed by atoms with Crippen LogP contribution in [-0.2, 0) is 10.2 Å². The molecule has 1 heterocycles. The Morgan fingerprint density at radius 2 is 1.57 bits per heavy atom. The third-order valence-electron chi connectivity index (χ3n) is 8.90. The fourth-order valence-corrected chi connectivity index (χ4v) is 7.23. The minimum Gasteiger partial charge on any atom is -0.324 e. The Kier molecular flexibility index (Phi) is 4.71. The number of carbonyl (C=O) groups excluding carboxylic acids is 1. The number of hydrogen-bond donors (Lipinski definition) is 2. The molecule has 0 aliphatic heterocycles. The zero-order valence-corrected chi connectivity index (χ0v) is 21.2. The van der Waals surface area contributed by atoms with Crippen LogP contribution in [0.1, 0.15) is 53.5 Å². The molecule has 0 saturated heterocycles. The summed E-state index contributed by atoms with van der Waals surface area (Å²) in [5.74, 6) is 0.682. The molecule has 2 aliphatic rings. The summed E-state index contributed by atoms with van der Waals surface area (Å²) in [5, 5.41) is 5.48. The number of nitrogens with zero attached hydrogens (tertiary/aromatic N) is 1. The molecule has 5 aromatic rings. The highest BCUT2D eigenvalue weighted by Gasteiger charge is 2.60. The second kappa shape index (κ2) is 7.91. The van der Waals surface area contributed by atoms with E-state index < -0.39 is 0 Å². The van der Waals surface area contributed by atoms with Crippen molar-refractivity contribution in [3.8, 4) is 11.3 Å². The van der Waals surface area contributed by atoms with Crippen LogP contribution in [-0.4, -0.2) is 15.9 Å². The number of carbonyl (C=O) groups is 1. The molecule has 0 saturated carbocycles. The molecule has 4 aromatic carbocycles. The fraction of sp³-hybridized carbons (Fsp3) is 0.212. The van der Waals surface area contributed by atoms with E-state index in [9.17, 15) is 4.79 Å². The second-order valence-electron chi connectivity index (χ2n) is 10.8. The summed E-state index contributed by atoms with van der Waals surface area (Å²) in [6.07, 6.45) is 1.81. The van der Waals surface area contributed by atoms with E-state index in [0.29, 0.717) is 11.9 Å². The van der Waals surface area contributed by atoms with Crippen LogP contribution in [0.25, 0.3) is 22.0 Å². The topological polar surface area (TPSA) is 57.8 Å². The number of nitrogens with one attached hydrogen (secondary N) is 2. The van der Waals surface area contributed by atoms with Crippen molar-refractivity contribution in [2.45, 2.75) is 38.0 Å². The maximum absolute atomic E-state index is 13.7. The van der Waals surface area contributed by atoms with E-state index >= 15 is 0 Å². The van der Waals surface area contributed by atoms with Crippen LogP contribution in [0.5, 0.6) is 0 Å². The van der Waals surface area contributed by atoms with E-state index in [0.717, 1.165) is 11.3 Å². The highest BCUT2D eigenvalue weighted by molar-refractivity contribution is 5.98. The van der Waals surface area contributed by atoms with Crippen LogP contribution in [0.3, 0.4) is 0 Å². The Balaban J connectivity index is 1.20. The summed E-state index contributed by atoms with van der Waals surface area (Å²) in [4.78, 5) is 21.6. The number of aryl methyl sites for hydroxylation is 1. The van der Waals surface area contributed by atoms with Crippen molar-refractivity contribution in [1.29, 1.82) is 0 Å². The lowest BCUT2D eigenvalue weighted by molar-refractivity contribution is -0.120. The molecule has 1 aromatic heterocycles. The van der Waals surface area contributed by atoms with Gasteiger partial charge in [-0.05, 0) is 45.5 Å². The van der Waals surface area contributed by atoms with Gasteiger partial charge in [-0.25, -0.2) is 4.98 Å². The zero-order chi connectivity index (χ0) is 25.3. The van der Waals surface area contributed by atoms with Crippen LogP contribution in [0.15, 0.2) is 91.1 Å². The lowest BCUT2D eigenvalue weighted by Crippen LogP contribution is -2.45. The smallest absolute Gasteiger partial charge is 0.230 e. The Morgan fingerprint density at radius 1 is 0.892 bits per heavy atom. The Labute approximate surface area is 216 Å². The zero-order valence-electron chi connectivity index (χ0n) is 21.2. The van der Waals surface area contributed by atoms with Crippen molar-refractivity contribution in [2.75, 3.05) is 5.32 Å². The quantitative estimate of drug-likeness (QED) is 0.281. The first-order chi connectivity index (χ1) is 18.0. The molecular weight excluding hydrogens is 454 g/mol. The molecule has 4 atom stereocenters. The van der Waals surface area contributed by atoms with Gasteiger partial charge in [-0.3, -0.25) is 10.1 Å². The van der Waals surface area contributed by atoms with E-state index in [1.54, 1.807) is 0 Å². The van der Waals surface area contributed by atoms with Gasteiger partial charge >= 0.3 is 0 Å². The minimum absolute atomic E-state index is 0.0132. The van der Waals surface area contributed by atoms with Crippen molar-refractivity contribution >= 4 is 22.6 Å². The summed E-state index contributed by atoms with van der Waals surface area (Å²) in [6.45, 7) is 6.52. The Hall–Kier alpha value is -4.18. The van der Waals surface area contributed by atoms with Crippen LogP contribution >= 0.6 is 0 Å². The van der Waals surface area contributed by atoms with Gasteiger partial charge in [0, 0.05) is 28.7 Å². The molecule has 2 aliphatic carbocycles. The minimum atomic E-state index is -0.224. The van der Waals surface area contributed by atoms with Crippen molar-refractivity contribution < 1.29 is 4.79 Å². The summed E-state index contributed by atoms with van der Waals surface area (Å²) >= 11 is 0. The van der Waals surface area contributed by atoms with E-state index in [1.165, 1.54) is 38.6 Å². The van der Waals surface area contributed by atoms with Gasteiger partial charge in [-0.1, -0.05) is 98.8 Å². The molecule has 1 amide bonds. The molecule has 0 fully saturated rings. The number of anilines is 1. The number of H-pyrrole nitrogens is 1. The number of aromatic nitrogens is 2. The van der Waals surface area contributed by atoms with E-state index in [2.05, 4.69) is 121 Å². The van der Waals surface area contributed by atoms with Gasteiger partial charge in [-0.2, -0.15) is 0 Å². The summed E-state index contributed by atoms with van der Waals surface area (Å²) in [7, 11) is 0. The first kappa shape index (κ1) is 22.1. The number of rotatable bonds is 4. The van der Waals surface area contributed by atoms with Crippen LogP contribution < -0.4 is 5.32 Å². The molecule has 182 valence electrons. The summed E-state index contributed by atoms with van der Waals surface area (Å²) < 4.78 is 0. The van der Waals surface area contributed by atoms with Crippen molar-refractivity contribution in [3.63, 3.8) is 0 Å². The SMILES string of the molecule is Cc1ccc(-c2cnc(NC(=O)C(C)C3c4ccccc4C4c5ccccc5C43C)[nH]2)c2ccccc12. The number of hydrogen-bond acceptors (Lipinski definition) is 2. The molecule has 4 unspecified atom stereocenters. The average Bonchev–Trinajstić information content (AvgIpc) is 3.46. The van der Waals surface area contributed by atoms with Crippen molar-refractivity contribution in [2.24, 2.45) is 5.92 Å². The molecule has 2 N–H and O–H groups in total. The lowest BCUT2D eigenvalue weighted by atomic mass is 9.53. The normalized spacial score (nSPS) is 22.0. The van der Waals surface area contributed by atoms with Crippen LogP contribution in [0.2, 0.25) is 0 Å². The van der Waals surface area contributed by atoms with Crippen molar-refractivity contribution in [1.82, 2.24) is 9.97 Å². The van der Waals surface area contributed by atoms with Gasteiger partial charge in [0.2, 0.25) is 11.9 Å². The number of benzene rings is 4. The van der Waals surface area contributed by atoms with Crippen molar-refractivity contribution in [3.05, 3.63) is 119 Å². The average molecular weight is 484 g/mol. The Bertz CT molecular complexity index is 1700. The number of aromatic amines is 1. The summed E-state index contributed by atoms with van der Waals surface area (Å²) in [5.41, 5.74) is 8.54. The van der Waals surface area contributed by atoms with Crippen LogP contribution in [0.4, 0.5) is 5.95 Å². The predicted octanol–water partition coefficient (Wildman–Crippen LogP) is 7.31. The first-order valence-corrected chi connectivity index (χ1v) is 13.0. The number of imidazole rings is 1. The lowest BCUT2D eigenvalue weighted by Gasteiger charge is -2.50. The first-order valence-electron chi connectivity index (χ1n) is 13.0. The van der Waals surface area contributed by atoms with Gasteiger partial charge in [-0.15, -0.1) is 0 Å². The molecule has 0 bridgehead atoms. The maximum atomic E-state index is 13.7. The second-order valence-corrected chi connectivity index (χ2v) is 10.8. The predicted molar refractivity (Wildman–Crippen MR) is 149 cm³/mol. The van der Waals surface area contributed by atoms with E-state index in [-0.39, 0.29) is 23.2 Å². The van der Waals surface area contributed by atoms with Crippen LogP contribution in [0, 0.1) is 12.8 Å². The molecule has 37 heavy (non-hydrogen) atoms. The fourth-order valence-electron chi connectivity index (χ4n) is 7.23. The molecular formula is C33H29N3O. The van der Waals surface area contributed by atoms with Gasteiger partial charge in [0.1, 0.15) is 0 Å². The van der Waals surface area contributed by atoms with E-state index in [4.69, 9.17) is 0 Å². The maximum Gasteiger partial charge on any atom is 0.230 e. The summed E-state index contributed by atoms with van der Waals surface area (Å²) in [6, 6.07) is 30.0.